The van der Waals surface area contributed by atoms with Gasteiger partial charge < -0.3 is 19.3 Å². The smallest absolute Gasteiger partial charge is 0.372 e. The number of hydrogen-bond donors (Lipinski definition) is 0. The van der Waals surface area contributed by atoms with Crippen LogP contribution in [-0.2, 0) is 24.5 Å². The fraction of sp³-hybridized carbons (Fsp3) is 0.636. The third kappa shape index (κ3) is 6.43. The van der Waals surface area contributed by atoms with Crippen LogP contribution < -0.4 is 0 Å². The first-order valence-corrected chi connectivity index (χ1v) is 10.3. The average molecular weight is 444 g/mol. The maximum Gasteiger partial charge on any atom is 0.406 e. The number of carbonyl (C=O) groups excluding carboxylic acids is 2. The van der Waals surface area contributed by atoms with Gasteiger partial charge in [0.1, 0.15) is 18.8 Å². The fourth-order valence-corrected chi connectivity index (χ4v) is 3.99. The van der Waals surface area contributed by atoms with Crippen molar-refractivity contribution in [1.82, 2.24) is 9.80 Å². The fourth-order valence-electron chi connectivity index (χ4n) is 3.99. The van der Waals surface area contributed by atoms with Crippen molar-refractivity contribution in [2.75, 3.05) is 40.4 Å². The van der Waals surface area contributed by atoms with Crippen molar-refractivity contribution in [3.63, 3.8) is 0 Å². The maximum atomic E-state index is 13.3. The molecule has 0 N–H and O–H groups in total. The van der Waals surface area contributed by atoms with Gasteiger partial charge in [0.15, 0.2) is 0 Å². The minimum absolute atomic E-state index is 0.106. The van der Waals surface area contributed by atoms with Gasteiger partial charge in [0.2, 0.25) is 0 Å². The number of carbonyl (C=O) groups is 2. The van der Waals surface area contributed by atoms with E-state index in [0.717, 1.165) is 10.5 Å². The molecule has 6 nitrogen and oxygen atoms in total. The van der Waals surface area contributed by atoms with E-state index in [1.807, 2.05) is 30.3 Å². The molecule has 2 atom stereocenters. The van der Waals surface area contributed by atoms with Gasteiger partial charge in [-0.15, -0.1) is 0 Å². The van der Waals surface area contributed by atoms with Crippen LogP contribution in [0.4, 0.5) is 13.2 Å². The molecule has 1 aromatic rings. The summed E-state index contributed by atoms with van der Waals surface area (Å²) in [6.45, 7) is 2.39. The first-order valence-electron chi connectivity index (χ1n) is 10.3. The lowest BCUT2D eigenvalue weighted by atomic mass is 9.72. The number of methoxy groups -OCH3 is 2. The molecule has 1 saturated heterocycles. The highest BCUT2D eigenvalue weighted by Gasteiger charge is 2.43. The minimum atomic E-state index is -4.54. The van der Waals surface area contributed by atoms with Crippen molar-refractivity contribution in [2.45, 2.75) is 50.5 Å². The maximum absolute atomic E-state index is 13.3. The van der Waals surface area contributed by atoms with Crippen LogP contribution in [-0.4, -0.2) is 80.4 Å². The van der Waals surface area contributed by atoms with E-state index in [2.05, 4.69) is 0 Å². The van der Waals surface area contributed by atoms with Crippen LogP contribution in [0.5, 0.6) is 0 Å². The first kappa shape index (κ1) is 25.1. The predicted octanol–water partition coefficient (Wildman–Crippen LogP) is 3.01. The first-order chi connectivity index (χ1) is 14.5. The molecule has 2 unspecified atom stereocenters. The van der Waals surface area contributed by atoms with Gasteiger partial charge in [0.05, 0.1) is 0 Å². The topological polar surface area (TPSA) is 59.1 Å². The normalized spacial score (nSPS) is 18.4. The van der Waals surface area contributed by atoms with Crippen LogP contribution in [0.15, 0.2) is 30.3 Å². The standard InChI is InChI=1S/C22H31F3N2O4/c1-16(30-3)19(28)26-12-10-21(11-13-26,18-8-6-5-7-9-18)14-27(15-22(23,24)25)20(29)17(2)31-4/h5-9,16-17H,10-15H2,1-4H3. The Hall–Kier alpha value is -2.13. The Morgan fingerprint density at radius 1 is 1.06 bits per heavy atom. The predicted molar refractivity (Wildman–Crippen MR) is 110 cm³/mol. The van der Waals surface area contributed by atoms with E-state index in [4.69, 9.17) is 9.47 Å². The van der Waals surface area contributed by atoms with Gasteiger partial charge in [-0.3, -0.25) is 9.59 Å². The Bertz CT molecular complexity index is 734. The van der Waals surface area contributed by atoms with Crippen molar-refractivity contribution in [1.29, 1.82) is 0 Å². The summed E-state index contributed by atoms with van der Waals surface area (Å²) < 4.78 is 50.0. The number of likely N-dealkylation sites (tertiary alicyclic amines) is 1. The monoisotopic (exact) mass is 444 g/mol. The lowest BCUT2D eigenvalue weighted by Crippen LogP contribution is -2.55. The van der Waals surface area contributed by atoms with E-state index in [1.165, 1.54) is 21.1 Å². The number of amides is 2. The molecule has 0 aromatic heterocycles. The largest absolute Gasteiger partial charge is 0.406 e. The van der Waals surface area contributed by atoms with E-state index in [1.54, 1.807) is 11.8 Å². The van der Waals surface area contributed by atoms with Crippen molar-refractivity contribution >= 4 is 11.8 Å². The highest BCUT2D eigenvalue weighted by Crippen LogP contribution is 2.37. The summed E-state index contributed by atoms with van der Waals surface area (Å²) in [4.78, 5) is 27.7. The van der Waals surface area contributed by atoms with Crippen molar-refractivity contribution in [2.24, 2.45) is 0 Å². The number of halogens is 3. The molecule has 2 rings (SSSR count). The summed E-state index contributed by atoms with van der Waals surface area (Å²) in [6, 6.07) is 9.23. The summed E-state index contributed by atoms with van der Waals surface area (Å²) >= 11 is 0. The highest BCUT2D eigenvalue weighted by atomic mass is 19.4. The van der Waals surface area contributed by atoms with Crippen molar-refractivity contribution < 1.29 is 32.2 Å². The van der Waals surface area contributed by atoms with Crippen LogP contribution in [0.3, 0.4) is 0 Å². The van der Waals surface area contributed by atoms with Gasteiger partial charge >= 0.3 is 6.18 Å². The van der Waals surface area contributed by atoms with Gasteiger partial charge in [0.25, 0.3) is 11.8 Å². The second-order valence-corrected chi connectivity index (χ2v) is 8.04. The zero-order valence-electron chi connectivity index (χ0n) is 18.4. The summed E-state index contributed by atoms with van der Waals surface area (Å²) in [7, 11) is 2.75. The van der Waals surface area contributed by atoms with Crippen LogP contribution in [0.2, 0.25) is 0 Å². The number of nitrogens with zero attached hydrogens (tertiary/aromatic N) is 2. The molecule has 1 aliphatic heterocycles. The van der Waals surface area contributed by atoms with Gasteiger partial charge in [-0.1, -0.05) is 30.3 Å². The zero-order valence-corrected chi connectivity index (χ0v) is 18.4. The molecule has 0 spiro atoms. The van der Waals surface area contributed by atoms with E-state index in [0.29, 0.717) is 25.9 Å². The number of ether oxygens (including phenoxy) is 2. The van der Waals surface area contributed by atoms with Crippen molar-refractivity contribution in [3.05, 3.63) is 35.9 Å². The van der Waals surface area contributed by atoms with Crippen LogP contribution >= 0.6 is 0 Å². The van der Waals surface area contributed by atoms with Crippen molar-refractivity contribution in [3.8, 4) is 0 Å². The molecular weight excluding hydrogens is 413 g/mol. The molecule has 0 saturated carbocycles. The van der Waals surface area contributed by atoms with Crippen LogP contribution in [0, 0.1) is 0 Å². The minimum Gasteiger partial charge on any atom is -0.372 e. The Labute approximate surface area is 181 Å². The molecule has 0 aliphatic carbocycles. The highest BCUT2D eigenvalue weighted by molar-refractivity contribution is 5.81. The third-order valence-corrected chi connectivity index (χ3v) is 6.00. The molecule has 9 heteroatoms. The number of hydrogen-bond acceptors (Lipinski definition) is 4. The molecule has 1 fully saturated rings. The second-order valence-electron chi connectivity index (χ2n) is 8.04. The van der Waals surface area contributed by atoms with Gasteiger partial charge in [0, 0.05) is 39.3 Å². The van der Waals surface area contributed by atoms with Gasteiger partial charge in [-0.25, -0.2) is 0 Å². The number of rotatable bonds is 8. The van der Waals surface area contributed by atoms with Crippen LogP contribution in [0.25, 0.3) is 0 Å². The van der Waals surface area contributed by atoms with E-state index < -0.39 is 36.3 Å². The van der Waals surface area contributed by atoms with E-state index in [-0.39, 0.29) is 12.5 Å². The summed E-state index contributed by atoms with van der Waals surface area (Å²) in [5.74, 6) is -0.859. The number of benzene rings is 1. The molecule has 0 bridgehead atoms. The molecule has 1 aromatic carbocycles. The number of alkyl halides is 3. The summed E-state index contributed by atoms with van der Waals surface area (Å²) in [6.07, 6.45) is -5.25. The zero-order chi connectivity index (χ0) is 23.2. The lowest BCUT2D eigenvalue weighted by Gasteiger charge is -2.45. The quantitative estimate of drug-likeness (QED) is 0.619. The second kappa shape index (κ2) is 10.5. The molecule has 174 valence electrons. The summed E-state index contributed by atoms with van der Waals surface area (Å²) in [5, 5.41) is 0. The SMILES string of the molecule is COC(C)C(=O)N1CCC(CN(CC(F)(F)F)C(=O)C(C)OC)(c2ccccc2)CC1. The third-order valence-electron chi connectivity index (χ3n) is 6.00. The molecule has 2 amide bonds. The van der Waals surface area contributed by atoms with Gasteiger partial charge in [-0.05, 0) is 32.3 Å². The Morgan fingerprint density at radius 2 is 1.61 bits per heavy atom. The molecule has 1 aliphatic rings. The molecular formula is C22H31F3N2O4. The average Bonchev–Trinajstić information content (AvgIpc) is 2.76. The number of piperidine rings is 1. The Kier molecular flexibility index (Phi) is 8.48. The molecule has 31 heavy (non-hydrogen) atoms. The van der Waals surface area contributed by atoms with Gasteiger partial charge in [-0.2, -0.15) is 13.2 Å². The van der Waals surface area contributed by atoms with Crippen LogP contribution in [0.1, 0.15) is 32.3 Å². The Balaban J connectivity index is 2.33. The Morgan fingerprint density at radius 3 is 2.10 bits per heavy atom. The van der Waals surface area contributed by atoms with E-state index >= 15 is 0 Å². The molecule has 0 radical (unpaired) electrons. The molecule has 1 heterocycles. The summed E-state index contributed by atoms with van der Waals surface area (Å²) in [5.41, 5.74) is 0.148. The van der Waals surface area contributed by atoms with E-state index in [9.17, 15) is 22.8 Å². The lowest BCUT2D eigenvalue weighted by molar-refractivity contribution is -0.169.